The second kappa shape index (κ2) is 6.34. The van der Waals surface area contributed by atoms with E-state index in [1.807, 2.05) is 18.2 Å². The van der Waals surface area contributed by atoms with Crippen LogP contribution in [0.2, 0.25) is 0 Å². The predicted molar refractivity (Wildman–Crippen MR) is 90.3 cm³/mol. The normalized spacial score (nSPS) is 19.0. The van der Waals surface area contributed by atoms with Crippen LogP contribution in [0.4, 0.5) is 0 Å². The lowest BCUT2D eigenvalue weighted by atomic mass is 9.99. The third-order valence-corrected chi connectivity index (χ3v) is 6.45. The zero-order chi connectivity index (χ0) is 16.4. The van der Waals surface area contributed by atoms with Crippen LogP contribution in [0.5, 0.6) is 5.75 Å². The minimum Gasteiger partial charge on any atom is -0.497 e. The van der Waals surface area contributed by atoms with Crippen LogP contribution >= 0.6 is 0 Å². The van der Waals surface area contributed by atoms with Crippen molar-refractivity contribution in [3.8, 4) is 5.75 Å². The molecule has 2 aromatic rings. The van der Waals surface area contributed by atoms with Gasteiger partial charge in [0, 0.05) is 13.1 Å². The zero-order valence-electron chi connectivity index (χ0n) is 13.4. The summed E-state index contributed by atoms with van der Waals surface area (Å²) in [5, 5.41) is 0. The Balaban J connectivity index is 1.84. The van der Waals surface area contributed by atoms with Gasteiger partial charge in [-0.15, -0.1) is 0 Å². The molecular weight excluding hydrogens is 310 g/mol. The van der Waals surface area contributed by atoms with Crippen LogP contribution in [0.15, 0.2) is 53.4 Å². The summed E-state index contributed by atoms with van der Waals surface area (Å²) in [6.45, 7) is 2.91. The van der Waals surface area contributed by atoms with Gasteiger partial charge in [0.1, 0.15) is 5.75 Å². The molecule has 0 spiro atoms. The first kappa shape index (κ1) is 16.0. The Bertz CT molecular complexity index is 787. The van der Waals surface area contributed by atoms with E-state index in [-0.39, 0.29) is 5.92 Å². The highest BCUT2D eigenvalue weighted by molar-refractivity contribution is 7.89. The van der Waals surface area contributed by atoms with Gasteiger partial charge in [-0.05, 0) is 48.6 Å². The lowest BCUT2D eigenvalue weighted by molar-refractivity contribution is 0.414. The topological polar surface area (TPSA) is 46.6 Å². The number of nitrogens with zero attached hydrogens (tertiary/aromatic N) is 1. The summed E-state index contributed by atoms with van der Waals surface area (Å²) in [6.07, 6.45) is 0.860. The third-order valence-electron chi connectivity index (χ3n) is 4.42. The molecule has 0 aromatic heterocycles. The molecule has 0 amide bonds. The van der Waals surface area contributed by atoms with E-state index in [1.54, 1.807) is 36.5 Å². The van der Waals surface area contributed by atoms with Crippen LogP contribution in [0.25, 0.3) is 0 Å². The minimum absolute atomic E-state index is 0.268. The molecule has 1 heterocycles. The van der Waals surface area contributed by atoms with Gasteiger partial charge in [-0.2, -0.15) is 4.31 Å². The summed E-state index contributed by atoms with van der Waals surface area (Å²) in [6, 6.07) is 15.2. The molecule has 1 unspecified atom stereocenters. The highest BCUT2D eigenvalue weighted by Gasteiger charge is 2.33. The molecule has 1 atom stereocenters. The Morgan fingerprint density at radius 1 is 1.13 bits per heavy atom. The summed E-state index contributed by atoms with van der Waals surface area (Å²) in [4.78, 5) is 0.368. The molecule has 23 heavy (non-hydrogen) atoms. The predicted octanol–water partition coefficient (Wildman–Crippen LogP) is 3.18. The Labute approximate surface area is 137 Å². The zero-order valence-corrected chi connectivity index (χ0v) is 14.2. The van der Waals surface area contributed by atoms with Crippen LogP contribution in [0.3, 0.4) is 0 Å². The molecule has 2 aromatic carbocycles. The maximum absolute atomic E-state index is 12.9. The number of methoxy groups -OCH3 is 1. The minimum atomic E-state index is -3.46. The summed E-state index contributed by atoms with van der Waals surface area (Å²) in [7, 11) is -1.88. The van der Waals surface area contributed by atoms with Crippen molar-refractivity contribution in [3.05, 3.63) is 59.7 Å². The Kier molecular flexibility index (Phi) is 4.41. The van der Waals surface area contributed by atoms with Gasteiger partial charge in [-0.3, -0.25) is 0 Å². The molecule has 1 fully saturated rings. The van der Waals surface area contributed by atoms with Crippen molar-refractivity contribution in [1.29, 1.82) is 0 Å². The molecule has 3 rings (SSSR count). The van der Waals surface area contributed by atoms with Crippen LogP contribution < -0.4 is 4.74 Å². The fourth-order valence-electron chi connectivity index (χ4n) is 3.12. The molecule has 4 nitrogen and oxygen atoms in total. The summed E-state index contributed by atoms with van der Waals surface area (Å²) < 4.78 is 32.6. The first-order chi connectivity index (χ1) is 11.0. The van der Waals surface area contributed by atoms with Crippen molar-refractivity contribution in [2.75, 3.05) is 20.2 Å². The molecule has 0 aliphatic carbocycles. The van der Waals surface area contributed by atoms with Gasteiger partial charge >= 0.3 is 0 Å². The van der Waals surface area contributed by atoms with E-state index in [9.17, 15) is 8.42 Å². The Hall–Kier alpha value is -1.85. The van der Waals surface area contributed by atoms with Gasteiger partial charge < -0.3 is 4.74 Å². The van der Waals surface area contributed by atoms with Crippen molar-refractivity contribution >= 4 is 10.0 Å². The average molecular weight is 331 g/mol. The van der Waals surface area contributed by atoms with Gasteiger partial charge in [0.25, 0.3) is 0 Å². The Morgan fingerprint density at radius 3 is 2.52 bits per heavy atom. The third kappa shape index (κ3) is 3.12. The van der Waals surface area contributed by atoms with Crippen LogP contribution in [-0.2, 0) is 10.0 Å². The molecule has 0 radical (unpaired) electrons. The van der Waals surface area contributed by atoms with Crippen LogP contribution in [0.1, 0.15) is 23.5 Å². The lowest BCUT2D eigenvalue weighted by Crippen LogP contribution is -2.29. The molecule has 0 saturated carbocycles. The van der Waals surface area contributed by atoms with E-state index in [2.05, 4.69) is 12.1 Å². The highest BCUT2D eigenvalue weighted by atomic mass is 32.2. The standard InChI is InChI=1S/C18H21NO3S/c1-14-12-17(22-2)8-9-18(14)23(20,21)19-11-10-16(13-19)15-6-4-3-5-7-15/h3-9,12,16H,10-11,13H2,1-2H3. The molecule has 5 heteroatoms. The molecule has 1 saturated heterocycles. The van der Waals surface area contributed by atoms with E-state index >= 15 is 0 Å². The van der Waals surface area contributed by atoms with E-state index in [0.717, 1.165) is 6.42 Å². The second-order valence-corrected chi connectivity index (χ2v) is 7.80. The van der Waals surface area contributed by atoms with Gasteiger partial charge in [0.05, 0.1) is 12.0 Å². The first-order valence-electron chi connectivity index (χ1n) is 7.72. The van der Waals surface area contributed by atoms with E-state index < -0.39 is 10.0 Å². The van der Waals surface area contributed by atoms with Gasteiger partial charge in [-0.1, -0.05) is 30.3 Å². The van der Waals surface area contributed by atoms with Crippen molar-refractivity contribution in [3.63, 3.8) is 0 Å². The number of rotatable bonds is 4. The summed E-state index contributed by atoms with van der Waals surface area (Å²) in [5.74, 6) is 0.939. The quantitative estimate of drug-likeness (QED) is 0.864. The fourth-order valence-corrected chi connectivity index (χ4v) is 4.83. The largest absolute Gasteiger partial charge is 0.497 e. The maximum atomic E-state index is 12.9. The summed E-state index contributed by atoms with van der Waals surface area (Å²) >= 11 is 0. The number of hydrogen-bond donors (Lipinski definition) is 0. The van der Waals surface area contributed by atoms with Gasteiger partial charge in [0.2, 0.25) is 10.0 Å². The molecule has 122 valence electrons. The van der Waals surface area contributed by atoms with Gasteiger partial charge in [-0.25, -0.2) is 8.42 Å². The maximum Gasteiger partial charge on any atom is 0.243 e. The van der Waals surface area contributed by atoms with Crippen LogP contribution in [-0.4, -0.2) is 32.9 Å². The van der Waals surface area contributed by atoms with E-state index in [1.165, 1.54) is 5.56 Å². The fraction of sp³-hybridized carbons (Fsp3) is 0.333. The monoisotopic (exact) mass is 331 g/mol. The summed E-state index contributed by atoms with van der Waals surface area (Å²) in [5.41, 5.74) is 1.92. The molecule has 0 bridgehead atoms. The first-order valence-corrected chi connectivity index (χ1v) is 9.16. The van der Waals surface area contributed by atoms with Crippen molar-refractivity contribution in [2.45, 2.75) is 24.2 Å². The number of benzene rings is 2. The molecule has 1 aliphatic heterocycles. The number of ether oxygens (including phenoxy) is 1. The van der Waals surface area contributed by atoms with Crippen LogP contribution in [0, 0.1) is 6.92 Å². The highest BCUT2D eigenvalue weighted by Crippen LogP contribution is 2.32. The molecule has 0 N–H and O–H groups in total. The van der Waals surface area contributed by atoms with Crippen molar-refractivity contribution in [2.24, 2.45) is 0 Å². The molecular formula is C18H21NO3S. The number of sulfonamides is 1. The van der Waals surface area contributed by atoms with E-state index in [4.69, 9.17) is 4.74 Å². The van der Waals surface area contributed by atoms with Gasteiger partial charge in [0.15, 0.2) is 0 Å². The second-order valence-electron chi connectivity index (χ2n) is 5.89. The SMILES string of the molecule is COc1ccc(S(=O)(=O)N2CCC(c3ccccc3)C2)c(C)c1. The average Bonchev–Trinajstić information content (AvgIpc) is 3.06. The number of aryl methyl sites for hydroxylation is 1. The van der Waals surface area contributed by atoms with Crippen molar-refractivity contribution < 1.29 is 13.2 Å². The van der Waals surface area contributed by atoms with Crippen molar-refractivity contribution in [1.82, 2.24) is 4.31 Å². The Morgan fingerprint density at radius 2 is 1.87 bits per heavy atom. The lowest BCUT2D eigenvalue weighted by Gasteiger charge is -2.18. The van der Waals surface area contributed by atoms with E-state index in [0.29, 0.717) is 29.3 Å². The molecule has 1 aliphatic rings. The number of hydrogen-bond acceptors (Lipinski definition) is 3. The smallest absolute Gasteiger partial charge is 0.243 e.